The lowest BCUT2D eigenvalue weighted by Gasteiger charge is -2.14. The molecule has 0 aliphatic heterocycles. The SMILES string of the molecule is Cc1ccc(C(=O)NCCNC(=O)c2ccc(C)c(OCc3ccccc3)c2[N+](=O)[O-])c([N+](=O)[O-])c1OCc1ccccc1. The molecule has 0 heterocycles. The van der Waals surface area contributed by atoms with Crippen molar-refractivity contribution in [2.75, 3.05) is 13.1 Å². The first-order chi connectivity index (χ1) is 21.2. The summed E-state index contributed by atoms with van der Waals surface area (Å²) in [5.74, 6) is -1.52. The first-order valence-corrected chi connectivity index (χ1v) is 13.6. The minimum Gasteiger partial charge on any atom is -0.482 e. The molecule has 0 atom stereocenters. The van der Waals surface area contributed by atoms with Gasteiger partial charge in [-0.25, -0.2) is 0 Å². The highest BCUT2D eigenvalue weighted by atomic mass is 16.6. The molecule has 0 saturated carbocycles. The summed E-state index contributed by atoms with van der Waals surface area (Å²) in [6.07, 6.45) is 0. The minimum absolute atomic E-state index is 0.0169. The summed E-state index contributed by atoms with van der Waals surface area (Å²) in [7, 11) is 0. The Bertz CT molecular complexity index is 1550. The molecule has 12 heteroatoms. The van der Waals surface area contributed by atoms with Crippen LogP contribution in [-0.2, 0) is 13.2 Å². The van der Waals surface area contributed by atoms with E-state index in [1.807, 2.05) is 60.7 Å². The van der Waals surface area contributed by atoms with Crippen LogP contribution in [0.2, 0.25) is 0 Å². The van der Waals surface area contributed by atoms with Crippen molar-refractivity contribution in [3.8, 4) is 11.5 Å². The molecule has 226 valence electrons. The number of ether oxygens (including phenoxy) is 2. The van der Waals surface area contributed by atoms with Crippen LogP contribution in [0.15, 0.2) is 84.9 Å². The second-order valence-corrected chi connectivity index (χ2v) is 9.79. The highest BCUT2D eigenvalue weighted by molar-refractivity contribution is 6.00. The smallest absolute Gasteiger partial charge is 0.323 e. The Labute approximate surface area is 252 Å². The van der Waals surface area contributed by atoms with Crippen molar-refractivity contribution >= 4 is 23.2 Å². The van der Waals surface area contributed by atoms with E-state index in [-0.39, 0.29) is 48.9 Å². The summed E-state index contributed by atoms with van der Waals surface area (Å²) >= 11 is 0. The van der Waals surface area contributed by atoms with Crippen LogP contribution < -0.4 is 20.1 Å². The van der Waals surface area contributed by atoms with Crippen molar-refractivity contribution in [2.24, 2.45) is 0 Å². The van der Waals surface area contributed by atoms with Gasteiger partial charge in [0.15, 0.2) is 0 Å². The van der Waals surface area contributed by atoms with Gasteiger partial charge < -0.3 is 20.1 Å². The van der Waals surface area contributed by atoms with Crippen LogP contribution in [0.1, 0.15) is 43.0 Å². The molecular weight excluding hydrogens is 568 g/mol. The van der Waals surface area contributed by atoms with Gasteiger partial charge in [-0.15, -0.1) is 0 Å². The van der Waals surface area contributed by atoms with Crippen LogP contribution in [0.4, 0.5) is 11.4 Å². The van der Waals surface area contributed by atoms with Gasteiger partial charge in [0.1, 0.15) is 24.3 Å². The average molecular weight is 599 g/mol. The molecule has 44 heavy (non-hydrogen) atoms. The maximum absolute atomic E-state index is 12.9. The lowest BCUT2D eigenvalue weighted by Crippen LogP contribution is -2.35. The number of carbonyl (C=O) groups excluding carboxylic acids is 2. The Morgan fingerprint density at radius 3 is 1.32 bits per heavy atom. The van der Waals surface area contributed by atoms with Crippen LogP contribution in [0.25, 0.3) is 0 Å². The molecule has 4 aromatic carbocycles. The maximum Gasteiger partial charge on any atom is 0.323 e. The van der Waals surface area contributed by atoms with Crippen LogP contribution in [-0.4, -0.2) is 34.8 Å². The van der Waals surface area contributed by atoms with E-state index in [1.54, 1.807) is 26.0 Å². The molecule has 2 amide bonds. The molecule has 0 aliphatic carbocycles. The van der Waals surface area contributed by atoms with E-state index >= 15 is 0 Å². The number of benzene rings is 4. The van der Waals surface area contributed by atoms with Crippen molar-refractivity contribution in [2.45, 2.75) is 27.1 Å². The van der Waals surface area contributed by atoms with Gasteiger partial charge in [-0.3, -0.25) is 29.8 Å². The van der Waals surface area contributed by atoms with Crippen LogP contribution >= 0.6 is 0 Å². The van der Waals surface area contributed by atoms with E-state index in [9.17, 15) is 29.8 Å². The molecule has 0 fully saturated rings. The van der Waals surface area contributed by atoms with E-state index < -0.39 is 33.0 Å². The van der Waals surface area contributed by atoms with Gasteiger partial charge in [0.25, 0.3) is 11.8 Å². The van der Waals surface area contributed by atoms with Crippen LogP contribution in [0, 0.1) is 34.1 Å². The highest BCUT2D eigenvalue weighted by Gasteiger charge is 2.29. The van der Waals surface area contributed by atoms with Gasteiger partial charge in [0.2, 0.25) is 11.5 Å². The molecule has 0 aromatic heterocycles. The van der Waals surface area contributed by atoms with Gasteiger partial charge in [-0.1, -0.05) is 72.8 Å². The fourth-order valence-electron chi connectivity index (χ4n) is 4.44. The minimum atomic E-state index is -0.742. The summed E-state index contributed by atoms with van der Waals surface area (Å²) in [5.41, 5.74) is 1.23. The van der Waals surface area contributed by atoms with Crippen LogP contribution in [0.3, 0.4) is 0 Å². The number of nitrogens with zero attached hydrogens (tertiary/aromatic N) is 2. The average Bonchev–Trinajstić information content (AvgIpc) is 3.02. The Morgan fingerprint density at radius 2 is 0.977 bits per heavy atom. The maximum atomic E-state index is 12.9. The fraction of sp³-hybridized carbons (Fsp3) is 0.188. The molecule has 0 spiro atoms. The summed E-state index contributed by atoms with van der Waals surface area (Å²) in [5, 5.41) is 29.0. The third-order valence-corrected chi connectivity index (χ3v) is 6.66. The molecule has 0 saturated heterocycles. The predicted octanol–water partition coefficient (Wildman–Crippen LogP) is 5.44. The first kappa shape index (κ1) is 31.2. The molecule has 0 bridgehead atoms. The lowest BCUT2D eigenvalue weighted by molar-refractivity contribution is -0.386. The number of nitro groups is 2. The zero-order valence-corrected chi connectivity index (χ0v) is 24.1. The number of amides is 2. The largest absolute Gasteiger partial charge is 0.482 e. The van der Waals surface area contributed by atoms with Gasteiger partial charge in [0.05, 0.1) is 9.85 Å². The standard InChI is InChI=1S/C32H30N4O8/c1-21-13-15-25(27(35(39)40)29(21)43-19-23-9-5-3-6-10-23)31(37)33-17-18-34-32(38)26-16-14-22(2)30(28(26)36(41)42)44-20-24-11-7-4-8-12-24/h3-16H,17-20H2,1-2H3,(H,33,37)(H,34,38). The zero-order chi connectivity index (χ0) is 31.6. The number of hydrogen-bond acceptors (Lipinski definition) is 8. The molecule has 0 aliphatic rings. The van der Waals surface area contributed by atoms with Gasteiger partial charge in [-0.05, 0) is 48.2 Å². The topological polar surface area (TPSA) is 163 Å². The molecule has 0 radical (unpaired) electrons. The second-order valence-electron chi connectivity index (χ2n) is 9.79. The van der Waals surface area contributed by atoms with Gasteiger partial charge >= 0.3 is 11.4 Å². The summed E-state index contributed by atoms with van der Waals surface area (Å²) < 4.78 is 11.5. The van der Waals surface area contributed by atoms with E-state index in [1.165, 1.54) is 12.1 Å². The lowest BCUT2D eigenvalue weighted by atomic mass is 10.1. The summed E-state index contributed by atoms with van der Waals surface area (Å²) in [6, 6.07) is 24.0. The predicted molar refractivity (Wildman–Crippen MR) is 162 cm³/mol. The van der Waals surface area contributed by atoms with Gasteiger partial charge in [-0.2, -0.15) is 0 Å². The monoisotopic (exact) mass is 598 g/mol. The van der Waals surface area contributed by atoms with E-state index in [2.05, 4.69) is 10.6 Å². The molecule has 12 nitrogen and oxygen atoms in total. The Balaban J connectivity index is 1.42. The van der Waals surface area contributed by atoms with Crippen molar-refractivity contribution in [1.29, 1.82) is 0 Å². The third-order valence-electron chi connectivity index (χ3n) is 6.66. The molecule has 4 rings (SSSR count). The highest BCUT2D eigenvalue weighted by Crippen LogP contribution is 2.36. The Morgan fingerprint density at radius 1 is 0.614 bits per heavy atom. The number of hydrogen-bond donors (Lipinski definition) is 2. The van der Waals surface area contributed by atoms with Crippen molar-refractivity contribution in [3.05, 3.63) is 139 Å². The van der Waals surface area contributed by atoms with Crippen molar-refractivity contribution < 1.29 is 28.9 Å². The first-order valence-electron chi connectivity index (χ1n) is 13.6. The van der Waals surface area contributed by atoms with E-state index in [0.717, 1.165) is 11.1 Å². The van der Waals surface area contributed by atoms with E-state index in [4.69, 9.17) is 9.47 Å². The van der Waals surface area contributed by atoms with E-state index in [0.29, 0.717) is 11.1 Å². The summed E-state index contributed by atoms with van der Waals surface area (Å²) in [4.78, 5) is 48.5. The van der Waals surface area contributed by atoms with Crippen LogP contribution in [0.5, 0.6) is 11.5 Å². The third kappa shape index (κ3) is 7.53. The summed E-state index contributed by atoms with van der Waals surface area (Å²) in [6.45, 7) is 3.23. The van der Waals surface area contributed by atoms with Crippen molar-refractivity contribution in [1.82, 2.24) is 10.6 Å². The normalized spacial score (nSPS) is 10.5. The number of aryl methyl sites for hydroxylation is 2. The van der Waals surface area contributed by atoms with Gasteiger partial charge in [0, 0.05) is 13.1 Å². The number of rotatable bonds is 13. The Hall–Kier alpha value is -5.78. The second kappa shape index (κ2) is 14.4. The molecular formula is C32H30N4O8. The Kier molecular flexibility index (Phi) is 10.2. The van der Waals surface area contributed by atoms with Crippen molar-refractivity contribution in [3.63, 3.8) is 0 Å². The quantitative estimate of drug-likeness (QED) is 0.117. The zero-order valence-electron chi connectivity index (χ0n) is 24.1. The molecule has 0 unspecified atom stereocenters. The molecule has 4 aromatic rings. The molecule has 2 N–H and O–H groups in total. The fourth-order valence-corrected chi connectivity index (χ4v) is 4.44. The number of carbonyl (C=O) groups is 2. The number of nitro benzene ring substituents is 2. The number of nitrogens with one attached hydrogen (secondary N) is 2.